The molecule has 0 bridgehead atoms. The Bertz CT molecular complexity index is 332. The standard InChI is InChI=1S/C7H11N4O.C7H17P.Au/c1-3-12-4-2-11(1)6-7-5-8-10-9-7;1-5-8(4,6-2)7-3;/h1-4,6H2,(H,8,9,10);4-7H2,1-3H3;/q-1;;. The van der Waals surface area contributed by atoms with Crippen molar-refractivity contribution in [3.8, 4) is 0 Å². The van der Waals surface area contributed by atoms with Crippen molar-refractivity contribution in [2.45, 2.75) is 27.3 Å². The van der Waals surface area contributed by atoms with E-state index in [0.29, 0.717) is 0 Å². The topological polar surface area (TPSA) is 54.0 Å². The van der Waals surface area contributed by atoms with Crippen molar-refractivity contribution in [2.24, 2.45) is 0 Å². The van der Waals surface area contributed by atoms with E-state index in [4.69, 9.17) is 4.74 Å². The van der Waals surface area contributed by atoms with Crippen molar-refractivity contribution in [1.29, 1.82) is 0 Å². The van der Waals surface area contributed by atoms with Crippen LogP contribution in [-0.2, 0) is 33.7 Å². The Balaban J connectivity index is 0.000000397. The molecule has 5 nitrogen and oxygen atoms in total. The molecule has 1 radical (unpaired) electrons. The number of hydrogen-bond acceptors (Lipinski definition) is 4. The van der Waals surface area contributed by atoms with Gasteiger partial charge in [0.25, 0.3) is 0 Å². The van der Waals surface area contributed by atoms with Crippen LogP contribution in [0.3, 0.4) is 0 Å². The van der Waals surface area contributed by atoms with Gasteiger partial charge in [0.1, 0.15) is 0 Å². The Kier molecular flexibility index (Phi) is 11.9. The van der Waals surface area contributed by atoms with Gasteiger partial charge in [0.2, 0.25) is 0 Å². The van der Waals surface area contributed by atoms with Crippen LogP contribution in [0.4, 0.5) is 0 Å². The Morgan fingerprint density at radius 3 is 2.19 bits per heavy atom. The molecule has 1 fully saturated rings. The summed E-state index contributed by atoms with van der Waals surface area (Å²) < 4.78 is 5.23. The molecule has 1 aromatic heterocycles. The van der Waals surface area contributed by atoms with Gasteiger partial charge in [-0.3, -0.25) is 10.00 Å². The molecule has 0 aromatic carbocycles. The zero-order valence-corrected chi connectivity index (χ0v) is 16.4. The van der Waals surface area contributed by atoms with Crippen LogP contribution in [0.15, 0.2) is 0 Å². The maximum Gasteiger partial charge on any atom is 0.0594 e. The number of aromatic amines is 1. The van der Waals surface area contributed by atoms with Crippen LogP contribution in [-0.4, -0.2) is 65.1 Å². The SMILES string of the molecule is [Au].[CH2-][P+](CC)(CC)CC.[c-]1nn[nH]c1CN1CCOCC1. The van der Waals surface area contributed by atoms with Gasteiger partial charge < -0.3 is 16.0 Å². The maximum absolute atomic E-state index is 5.23. The smallest absolute Gasteiger partial charge is 0.0594 e. The molecule has 127 valence electrons. The average Bonchev–Trinajstić information content (AvgIpc) is 3.01. The number of nitrogens with one attached hydrogen (secondary N) is 1. The third-order valence-electron chi connectivity index (χ3n) is 3.92. The molecule has 0 saturated carbocycles. The number of aromatic nitrogens is 3. The Labute approximate surface area is 145 Å². The first-order valence-corrected chi connectivity index (χ1v) is 9.94. The van der Waals surface area contributed by atoms with E-state index in [1.807, 2.05) is 0 Å². The summed E-state index contributed by atoms with van der Waals surface area (Å²) in [5.41, 5.74) is 0.942. The first-order chi connectivity index (χ1) is 9.63. The molecular formula is C14H28AuN4OP-. The van der Waals surface area contributed by atoms with Crippen LogP contribution in [0, 0.1) is 12.9 Å². The minimum Gasteiger partial charge on any atom is -0.379 e. The van der Waals surface area contributed by atoms with Crippen LogP contribution in [0.2, 0.25) is 0 Å². The molecule has 7 heteroatoms. The second-order valence-corrected chi connectivity index (χ2v) is 9.66. The van der Waals surface area contributed by atoms with Crippen molar-refractivity contribution >= 4 is 7.26 Å². The molecule has 21 heavy (non-hydrogen) atoms. The fourth-order valence-electron chi connectivity index (χ4n) is 1.92. The summed E-state index contributed by atoms with van der Waals surface area (Å²) in [6.45, 7) is 15.5. The van der Waals surface area contributed by atoms with E-state index >= 15 is 0 Å². The minimum absolute atomic E-state index is 0. The van der Waals surface area contributed by atoms with E-state index in [0.717, 1.165) is 38.5 Å². The molecule has 2 heterocycles. The molecule has 1 saturated heterocycles. The number of morpholine rings is 1. The van der Waals surface area contributed by atoms with E-state index in [9.17, 15) is 0 Å². The summed E-state index contributed by atoms with van der Waals surface area (Å²) in [5.74, 6) is 0. The molecule has 2 rings (SSSR count). The average molecular weight is 496 g/mol. The van der Waals surface area contributed by atoms with Gasteiger partial charge in [0.15, 0.2) is 0 Å². The fourth-order valence-corrected chi connectivity index (χ4v) is 3.26. The molecule has 1 N–H and O–H groups in total. The van der Waals surface area contributed by atoms with Crippen molar-refractivity contribution in [3.63, 3.8) is 0 Å². The van der Waals surface area contributed by atoms with Crippen LogP contribution in [0.25, 0.3) is 0 Å². The first kappa shape index (κ1) is 21.2. The number of H-pyrrole nitrogens is 1. The summed E-state index contributed by atoms with van der Waals surface area (Å²) in [4.78, 5) is 2.29. The second-order valence-electron chi connectivity index (χ2n) is 5.08. The number of hydrogen-bond donors (Lipinski definition) is 1. The van der Waals surface area contributed by atoms with Gasteiger partial charge in [-0.1, -0.05) is 0 Å². The predicted octanol–water partition coefficient (Wildman–Crippen LogP) is 2.29. The summed E-state index contributed by atoms with van der Waals surface area (Å²) in [6, 6.07) is 0. The largest absolute Gasteiger partial charge is 0.379 e. The van der Waals surface area contributed by atoms with E-state index in [2.05, 4.69) is 53.9 Å². The van der Waals surface area contributed by atoms with Gasteiger partial charge in [0, 0.05) is 60.5 Å². The zero-order valence-electron chi connectivity index (χ0n) is 13.4. The third-order valence-corrected chi connectivity index (χ3v) is 7.94. The molecule has 1 aliphatic heterocycles. The molecular weight excluding hydrogens is 468 g/mol. The Morgan fingerprint density at radius 1 is 1.24 bits per heavy atom. The molecule has 1 aliphatic rings. The van der Waals surface area contributed by atoms with E-state index < -0.39 is 7.26 Å². The zero-order chi connectivity index (χ0) is 14.8. The summed E-state index contributed by atoms with van der Waals surface area (Å²) in [7, 11) is -0.662. The first-order valence-electron chi connectivity index (χ1n) is 7.41. The Hall–Kier alpha value is 0.230. The summed E-state index contributed by atoms with van der Waals surface area (Å²) in [5, 5.41) is 9.98. The number of nitrogens with zero attached hydrogens (tertiary/aromatic N) is 3. The summed E-state index contributed by atoms with van der Waals surface area (Å²) in [6.07, 6.45) is 6.74. The van der Waals surface area contributed by atoms with Gasteiger partial charge >= 0.3 is 0 Å². The van der Waals surface area contributed by atoms with Crippen molar-refractivity contribution in [1.82, 2.24) is 20.3 Å². The van der Waals surface area contributed by atoms with Gasteiger partial charge in [-0.15, -0.1) is 18.2 Å². The van der Waals surface area contributed by atoms with E-state index in [1.165, 1.54) is 18.5 Å². The third kappa shape index (κ3) is 8.44. The molecule has 0 amide bonds. The molecule has 0 spiro atoms. The van der Waals surface area contributed by atoms with Crippen LogP contribution in [0.1, 0.15) is 26.5 Å². The van der Waals surface area contributed by atoms with Gasteiger partial charge in [-0.2, -0.15) is 6.66 Å². The monoisotopic (exact) mass is 496 g/mol. The molecule has 0 aliphatic carbocycles. The molecule has 1 aromatic rings. The van der Waals surface area contributed by atoms with Crippen molar-refractivity contribution in [2.75, 3.05) is 44.8 Å². The second kappa shape index (κ2) is 11.8. The Morgan fingerprint density at radius 2 is 1.81 bits per heavy atom. The minimum atomic E-state index is -0.662. The molecule has 0 unspecified atom stereocenters. The van der Waals surface area contributed by atoms with Crippen LogP contribution in [0.5, 0.6) is 0 Å². The molecule has 0 atom stereocenters. The van der Waals surface area contributed by atoms with Gasteiger partial charge in [-0.05, 0) is 20.8 Å². The quantitative estimate of drug-likeness (QED) is 0.386. The predicted molar refractivity (Wildman–Crippen MR) is 85.2 cm³/mol. The normalized spacial score (nSPS) is 15.8. The van der Waals surface area contributed by atoms with Gasteiger partial charge in [0.05, 0.1) is 13.2 Å². The summed E-state index contributed by atoms with van der Waals surface area (Å²) >= 11 is 0. The van der Waals surface area contributed by atoms with Crippen LogP contribution < -0.4 is 0 Å². The van der Waals surface area contributed by atoms with Crippen molar-refractivity contribution in [3.05, 3.63) is 18.6 Å². The number of rotatable bonds is 5. The van der Waals surface area contributed by atoms with E-state index in [-0.39, 0.29) is 22.4 Å². The van der Waals surface area contributed by atoms with Gasteiger partial charge in [-0.25, -0.2) is 0 Å². The van der Waals surface area contributed by atoms with E-state index in [1.54, 1.807) is 0 Å². The van der Waals surface area contributed by atoms with Crippen molar-refractivity contribution < 1.29 is 27.1 Å². The van der Waals surface area contributed by atoms with Crippen LogP contribution >= 0.6 is 7.26 Å². The maximum atomic E-state index is 5.23. The fraction of sp³-hybridized carbons (Fsp3) is 0.786. The number of ether oxygens (including phenoxy) is 1.